The van der Waals surface area contributed by atoms with E-state index in [0.29, 0.717) is 5.92 Å². The topological polar surface area (TPSA) is 53.1 Å². The van der Waals surface area contributed by atoms with Crippen molar-refractivity contribution in [3.63, 3.8) is 0 Å². The first-order valence-corrected chi connectivity index (χ1v) is 7.48. The number of benzene rings is 1. The highest BCUT2D eigenvalue weighted by Crippen LogP contribution is 2.19. The third kappa shape index (κ3) is 4.33. The van der Waals surface area contributed by atoms with Gasteiger partial charge in [0.2, 0.25) is 0 Å². The largest absolute Gasteiger partial charge is 0.497 e. The van der Waals surface area contributed by atoms with E-state index >= 15 is 0 Å². The average molecular weight is 287 g/mol. The van der Waals surface area contributed by atoms with Gasteiger partial charge in [0.1, 0.15) is 5.75 Å². The molecule has 0 saturated carbocycles. The fourth-order valence-corrected chi connectivity index (χ4v) is 2.50. The summed E-state index contributed by atoms with van der Waals surface area (Å²) in [5.41, 5.74) is 8.68. The molecule has 0 bridgehead atoms. The standard InChI is InChI=1S/C17H25N3O/c1-13(2)10-16(18)17-11-19-12-20(17)9-8-14-4-6-15(21-3)7-5-14/h4-7,11-13,16H,8-10,18H2,1-3H3. The fourth-order valence-electron chi connectivity index (χ4n) is 2.50. The highest BCUT2D eigenvalue weighted by molar-refractivity contribution is 5.27. The van der Waals surface area contributed by atoms with Crippen LogP contribution in [0, 0.1) is 5.92 Å². The monoisotopic (exact) mass is 287 g/mol. The summed E-state index contributed by atoms with van der Waals surface area (Å²) < 4.78 is 7.34. The molecule has 1 aromatic carbocycles. The highest BCUT2D eigenvalue weighted by atomic mass is 16.5. The number of aryl methyl sites for hydroxylation is 2. The molecule has 0 radical (unpaired) electrons. The Balaban J connectivity index is 1.98. The lowest BCUT2D eigenvalue weighted by Gasteiger charge is -2.16. The normalized spacial score (nSPS) is 12.6. The van der Waals surface area contributed by atoms with Gasteiger partial charge in [-0.05, 0) is 36.5 Å². The first-order chi connectivity index (χ1) is 10.1. The summed E-state index contributed by atoms with van der Waals surface area (Å²) in [5.74, 6) is 1.48. The number of hydrogen-bond donors (Lipinski definition) is 1. The molecule has 0 saturated heterocycles. The summed E-state index contributed by atoms with van der Waals surface area (Å²) in [6, 6.07) is 8.25. The van der Waals surface area contributed by atoms with Crippen molar-refractivity contribution in [3.05, 3.63) is 48.0 Å². The van der Waals surface area contributed by atoms with E-state index in [1.54, 1.807) is 7.11 Å². The maximum absolute atomic E-state index is 6.27. The van der Waals surface area contributed by atoms with Crippen molar-refractivity contribution >= 4 is 0 Å². The van der Waals surface area contributed by atoms with Crippen LogP contribution in [0.1, 0.15) is 37.6 Å². The maximum atomic E-state index is 6.27. The second-order valence-corrected chi connectivity index (χ2v) is 5.85. The Bertz CT molecular complexity index is 545. The Morgan fingerprint density at radius 1 is 1.24 bits per heavy atom. The fraction of sp³-hybridized carbons (Fsp3) is 0.471. The Labute approximate surface area is 127 Å². The van der Waals surface area contributed by atoms with Gasteiger partial charge in [-0.15, -0.1) is 0 Å². The zero-order valence-corrected chi connectivity index (χ0v) is 13.1. The molecule has 2 aromatic rings. The van der Waals surface area contributed by atoms with E-state index in [4.69, 9.17) is 10.5 Å². The van der Waals surface area contributed by atoms with Crippen LogP contribution in [0.4, 0.5) is 0 Å². The molecule has 0 fully saturated rings. The molecule has 1 heterocycles. The van der Waals surface area contributed by atoms with Crippen LogP contribution >= 0.6 is 0 Å². The van der Waals surface area contributed by atoms with Gasteiger partial charge in [0.25, 0.3) is 0 Å². The lowest BCUT2D eigenvalue weighted by molar-refractivity contribution is 0.414. The number of nitrogens with two attached hydrogens (primary N) is 1. The summed E-state index contributed by atoms with van der Waals surface area (Å²) in [5, 5.41) is 0. The third-order valence-electron chi connectivity index (χ3n) is 3.65. The molecule has 1 unspecified atom stereocenters. The van der Waals surface area contributed by atoms with Gasteiger partial charge < -0.3 is 15.0 Å². The third-order valence-corrected chi connectivity index (χ3v) is 3.65. The first kappa shape index (κ1) is 15.6. The minimum Gasteiger partial charge on any atom is -0.497 e. The van der Waals surface area contributed by atoms with Crippen LogP contribution in [-0.4, -0.2) is 16.7 Å². The number of methoxy groups -OCH3 is 1. The molecule has 4 heteroatoms. The van der Waals surface area contributed by atoms with Gasteiger partial charge in [0, 0.05) is 18.8 Å². The molecule has 0 aliphatic heterocycles. The van der Waals surface area contributed by atoms with Crippen LogP contribution < -0.4 is 10.5 Å². The van der Waals surface area contributed by atoms with Crippen molar-refractivity contribution in [3.8, 4) is 5.75 Å². The van der Waals surface area contributed by atoms with Crippen molar-refractivity contribution in [2.24, 2.45) is 11.7 Å². The minimum atomic E-state index is 0.0587. The van der Waals surface area contributed by atoms with Crippen molar-refractivity contribution in [2.75, 3.05) is 7.11 Å². The maximum Gasteiger partial charge on any atom is 0.118 e. The van der Waals surface area contributed by atoms with E-state index < -0.39 is 0 Å². The van der Waals surface area contributed by atoms with Gasteiger partial charge in [-0.3, -0.25) is 0 Å². The molecular weight excluding hydrogens is 262 g/mol. The van der Waals surface area contributed by atoms with Crippen molar-refractivity contribution < 1.29 is 4.74 Å². The predicted octanol–water partition coefficient (Wildman–Crippen LogP) is 3.18. The van der Waals surface area contributed by atoms with E-state index in [-0.39, 0.29) is 6.04 Å². The van der Waals surface area contributed by atoms with Gasteiger partial charge in [-0.25, -0.2) is 4.98 Å². The van der Waals surface area contributed by atoms with Gasteiger partial charge in [-0.2, -0.15) is 0 Å². The molecule has 21 heavy (non-hydrogen) atoms. The quantitative estimate of drug-likeness (QED) is 0.851. The van der Waals surface area contributed by atoms with Crippen LogP contribution in [0.5, 0.6) is 5.75 Å². The first-order valence-electron chi connectivity index (χ1n) is 7.48. The Morgan fingerprint density at radius 2 is 1.95 bits per heavy atom. The summed E-state index contributed by atoms with van der Waals surface area (Å²) in [4.78, 5) is 4.25. The van der Waals surface area contributed by atoms with Crippen LogP contribution in [0.25, 0.3) is 0 Å². The molecule has 1 atom stereocenters. The van der Waals surface area contributed by atoms with Crippen LogP contribution in [0.15, 0.2) is 36.8 Å². The number of nitrogens with zero attached hydrogens (tertiary/aromatic N) is 2. The summed E-state index contributed by atoms with van der Waals surface area (Å²) in [7, 11) is 1.68. The molecule has 0 spiro atoms. The van der Waals surface area contributed by atoms with Crippen LogP contribution in [0.2, 0.25) is 0 Å². The number of ether oxygens (including phenoxy) is 1. The molecular formula is C17H25N3O. The summed E-state index contributed by atoms with van der Waals surface area (Å²) in [6.45, 7) is 5.28. The molecule has 2 rings (SSSR count). The molecule has 0 aliphatic rings. The lowest BCUT2D eigenvalue weighted by Crippen LogP contribution is -2.17. The van der Waals surface area contributed by atoms with E-state index in [2.05, 4.69) is 35.5 Å². The molecule has 114 valence electrons. The number of hydrogen-bond acceptors (Lipinski definition) is 3. The molecule has 0 aliphatic carbocycles. The lowest BCUT2D eigenvalue weighted by atomic mass is 10.0. The second-order valence-electron chi connectivity index (χ2n) is 5.85. The Hall–Kier alpha value is -1.81. The summed E-state index contributed by atoms with van der Waals surface area (Å²) in [6.07, 6.45) is 5.70. The molecule has 1 aromatic heterocycles. The number of rotatable bonds is 7. The zero-order chi connectivity index (χ0) is 15.2. The zero-order valence-electron chi connectivity index (χ0n) is 13.1. The number of aromatic nitrogens is 2. The van der Waals surface area contributed by atoms with Crippen LogP contribution in [-0.2, 0) is 13.0 Å². The highest BCUT2D eigenvalue weighted by Gasteiger charge is 2.13. The van der Waals surface area contributed by atoms with E-state index in [1.165, 1.54) is 5.56 Å². The van der Waals surface area contributed by atoms with Gasteiger partial charge in [-0.1, -0.05) is 26.0 Å². The smallest absolute Gasteiger partial charge is 0.118 e. The van der Waals surface area contributed by atoms with Crippen molar-refractivity contribution in [1.29, 1.82) is 0 Å². The van der Waals surface area contributed by atoms with Gasteiger partial charge >= 0.3 is 0 Å². The summed E-state index contributed by atoms with van der Waals surface area (Å²) >= 11 is 0. The predicted molar refractivity (Wildman–Crippen MR) is 85.3 cm³/mol. The van der Waals surface area contributed by atoms with E-state index in [1.807, 2.05) is 24.7 Å². The molecule has 4 nitrogen and oxygen atoms in total. The average Bonchev–Trinajstić information content (AvgIpc) is 2.93. The van der Waals surface area contributed by atoms with E-state index in [0.717, 1.165) is 30.8 Å². The second kappa shape index (κ2) is 7.27. The van der Waals surface area contributed by atoms with Gasteiger partial charge in [0.15, 0.2) is 0 Å². The Morgan fingerprint density at radius 3 is 2.57 bits per heavy atom. The number of imidazole rings is 1. The molecule has 0 amide bonds. The molecule has 2 N–H and O–H groups in total. The van der Waals surface area contributed by atoms with E-state index in [9.17, 15) is 0 Å². The SMILES string of the molecule is COc1ccc(CCn2cncc2C(N)CC(C)C)cc1. The minimum absolute atomic E-state index is 0.0587. The van der Waals surface area contributed by atoms with Crippen molar-refractivity contribution in [1.82, 2.24) is 9.55 Å². The Kier molecular flexibility index (Phi) is 5.39. The van der Waals surface area contributed by atoms with Crippen molar-refractivity contribution in [2.45, 2.75) is 39.3 Å². The van der Waals surface area contributed by atoms with Gasteiger partial charge in [0.05, 0.1) is 19.1 Å². The van der Waals surface area contributed by atoms with Crippen LogP contribution in [0.3, 0.4) is 0 Å².